The van der Waals surface area contributed by atoms with Crippen LogP contribution in [0.1, 0.15) is 43.2 Å². The maximum Gasteiger partial charge on any atom is 0.407 e. The van der Waals surface area contributed by atoms with Crippen LogP contribution in [0.25, 0.3) is 11.1 Å². The molecule has 8 nitrogen and oxygen atoms in total. The lowest BCUT2D eigenvalue weighted by atomic mass is 9.98. The summed E-state index contributed by atoms with van der Waals surface area (Å²) in [6.07, 6.45) is 0.298. The first-order chi connectivity index (χ1) is 16.3. The molecule has 1 aliphatic heterocycles. The number of hydrogen-bond acceptors (Lipinski definition) is 5. The van der Waals surface area contributed by atoms with Crippen LogP contribution in [0.15, 0.2) is 48.5 Å². The number of alkyl carbamates (subject to hydrolysis) is 1. The van der Waals surface area contributed by atoms with Crippen molar-refractivity contribution in [2.75, 3.05) is 26.2 Å². The van der Waals surface area contributed by atoms with Crippen LogP contribution in [0.5, 0.6) is 0 Å². The van der Waals surface area contributed by atoms with Crippen molar-refractivity contribution in [3.63, 3.8) is 0 Å². The number of carbonyl (C=O) groups is 3. The Balaban J connectivity index is 1.21. The lowest BCUT2D eigenvalue weighted by molar-refractivity contribution is -0.157. The molecular weight excluding hydrogens is 436 g/mol. The number of carboxylic acid groups (broad SMARTS) is 1. The molecule has 0 bridgehead atoms. The summed E-state index contributed by atoms with van der Waals surface area (Å²) in [4.78, 5) is 37.2. The second-order valence-corrected chi connectivity index (χ2v) is 9.25. The Kier molecular flexibility index (Phi) is 6.88. The van der Waals surface area contributed by atoms with Crippen molar-refractivity contribution in [2.45, 2.75) is 37.7 Å². The van der Waals surface area contributed by atoms with E-state index >= 15 is 0 Å². The molecule has 2 aromatic carbocycles. The van der Waals surface area contributed by atoms with Crippen LogP contribution in [0.3, 0.4) is 0 Å². The summed E-state index contributed by atoms with van der Waals surface area (Å²) in [6, 6.07) is 16.3. The minimum Gasteiger partial charge on any atom is -0.479 e. The number of hydrogen-bond donors (Lipinski definition) is 3. The second kappa shape index (κ2) is 9.85. The fraction of sp³-hybridized carbons (Fsp3) is 0.423. The Morgan fingerprint density at radius 3 is 2.32 bits per heavy atom. The summed E-state index contributed by atoms with van der Waals surface area (Å²) in [5, 5.41) is 21.8. The van der Waals surface area contributed by atoms with E-state index in [9.17, 15) is 19.5 Å². The van der Waals surface area contributed by atoms with Gasteiger partial charge >= 0.3 is 12.1 Å². The van der Waals surface area contributed by atoms with Crippen molar-refractivity contribution < 1.29 is 29.3 Å². The van der Waals surface area contributed by atoms with Crippen LogP contribution in [0.2, 0.25) is 0 Å². The van der Waals surface area contributed by atoms with Gasteiger partial charge in [0.25, 0.3) is 0 Å². The SMILES string of the molecule is CC(CCC(=O)N1CCC(O)(C(=O)O)C1)CNC(=O)OCC1c2ccccc2-c2ccccc21. The summed E-state index contributed by atoms with van der Waals surface area (Å²) in [5.41, 5.74) is 2.79. The molecule has 1 aliphatic carbocycles. The van der Waals surface area contributed by atoms with Crippen LogP contribution >= 0.6 is 0 Å². The molecular formula is C26H30N2O6. The second-order valence-electron chi connectivity index (χ2n) is 9.25. The van der Waals surface area contributed by atoms with Crippen LogP contribution in [0, 0.1) is 5.92 Å². The van der Waals surface area contributed by atoms with Crippen molar-refractivity contribution in [3.05, 3.63) is 59.7 Å². The van der Waals surface area contributed by atoms with Crippen LogP contribution in [-0.4, -0.2) is 64.9 Å². The van der Waals surface area contributed by atoms with Crippen molar-refractivity contribution in [1.82, 2.24) is 10.2 Å². The third-order valence-corrected chi connectivity index (χ3v) is 6.79. The molecule has 0 saturated carbocycles. The fourth-order valence-electron chi connectivity index (χ4n) is 4.72. The van der Waals surface area contributed by atoms with E-state index in [0.29, 0.717) is 13.0 Å². The fourth-order valence-corrected chi connectivity index (χ4v) is 4.72. The third kappa shape index (κ3) is 4.92. The van der Waals surface area contributed by atoms with Crippen molar-refractivity contribution >= 4 is 18.0 Å². The number of β-amino-alcohol motifs (C(OH)–C–C–N with tert-alkyl or cyclic N) is 1. The molecule has 3 N–H and O–H groups in total. The molecule has 4 rings (SSSR count). The smallest absolute Gasteiger partial charge is 0.407 e. The van der Waals surface area contributed by atoms with E-state index in [0.717, 1.165) is 11.1 Å². The number of nitrogens with zero attached hydrogens (tertiary/aromatic N) is 1. The first-order valence-electron chi connectivity index (χ1n) is 11.6. The Morgan fingerprint density at radius 1 is 1.12 bits per heavy atom. The Labute approximate surface area is 198 Å². The number of carbonyl (C=O) groups excluding carboxylic acids is 2. The maximum atomic E-state index is 12.4. The van der Waals surface area contributed by atoms with Crippen LogP contribution in [0.4, 0.5) is 4.79 Å². The molecule has 0 radical (unpaired) electrons. The molecule has 2 unspecified atom stereocenters. The van der Waals surface area contributed by atoms with Crippen LogP contribution < -0.4 is 5.32 Å². The van der Waals surface area contributed by atoms with Gasteiger partial charge in [-0.05, 0) is 34.6 Å². The van der Waals surface area contributed by atoms with Crippen molar-refractivity contribution in [2.24, 2.45) is 5.92 Å². The van der Waals surface area contributed by atoms with Gasteiger partial charge in [-0.1, -0.05) is 55.5 Å². The number of benzene rings is 2. The molecule has 0 spiro atoms. The molecule has 34 heavy (non-hydrogen) atoms. The number of amides is 2. The average molecular weight is 467 g/mol. The first kappa shape index (κ1) is 23.8. The zero-order chi connectivity index (χ0) is 24.3. The number of fused-ring (bicyclic) bond motifs is 3. The number of aliphatic carboxylic acids is 1. The van der Waals surface area contributed by atoms with Gasteiger partial charge in [0.15, 0.2) is 5.60 Å². The zero-order valence-electron chi connectivity index (χ0n) is 19.2. The summed E-state index contributed by atoms with van der Waals surface area (Å²) < 4.78 is 5.53. The normalized spacial score (nSPS) is 19.9. The number of aliphatic hydroxyl groups is 1. The molecule has 2 amide bonds. The Hall–Kier alpha value is -3.39. The first-order valence-corrected chi connectivity index (χ1v) is 11.6. The van der Waals surface area contributed by atoms with E-state index in [1.165, 1.54) is 16.0 Å². The lowest BCUT2D eigenvalue weighted by Gasteiger charge is -2.20. The van der Waals surface area contributed by atoms with Gasteiger partial charge in [-0.3, -0.25) is 4.79 Å². The minimum atomic E-state index is -1.85. The summed E-state index contributed by atoms with van der Waals surface area (Å²) in [7, 11) is 0. The van der Waals surface area contributed by atoms with Gasteiger partial charge in [0.05, 0.1) is 6.54 Å². The minimum absolute atomic E-state index is 0.00176. The van der Waals surface area contributed by atoms with E-state index in [4.69, 9.17) is 9.84 Å². The Morgan fingerprint density at radius 2 is 1.74 bits per heavy atom. The third-order valence-electron chi connectivity index (χ3n) is 6.79. The lowest BCUT2D eigenvalue weighted by Crippen LogP contribution is -2.42. The molecule has 1 fully saturated rings. The molecule has 2 aliphatic rings. The summed E-state index contributed by atoms with van der Waals surface area (Å²) in [6.45, 7) is 2.58. The molecule has 0 aromatic heterocycles. The molecule has 2 atom stereocenters. The number of carboxylic acids is 1. The summed E-state index contributed by atoms with van der Waals surface area (Å²) >= 11 is 0. The van der Waals surface area contributed by atoms with Gasteiger partial charge in [0, 0.05) is 31.8 Å². The highest BCUT2D eigenvalue weighted by atomic mass is 16.5. The van der Waals surface area contributed by atoms with E-state index < -0.39 is 17.7 Å². The monoisotopic (exact) mass is 466 g/mol. The van der Waals surface area contributed by atoms with Crippen molar-refractivity contribution in [3.8, 4) is 11.1 Å². The van der Waals surface area contributed by atoms with Gasteiger partial charge in [0.1, 0.15) is 6.61 Å². The quantitative estimate of drug-likeness (QED) is 0.551. The largest absolute Gasteiger partial charge is 0.479 e. The zero-order valence-corrected chi connectivity index (χ0v) is 19.2. The highest BCUT2D eigenvalue weighted by Crippen LogP contribution is 2.44. The molecule has 1 saturated heterocycles. The predicted octanol–water partition coefficient (Wildman–Crippen LogP) is 2.99. The highest BCUT2D eigenvalue weighted by Gasteiger charge is 2.44. The van der Waals surface area contributed by atoms with E-state index in [1.54, 1.807) is 0 Å². The van der Waals surface area contributed by atoms with E-state index in [2.05, 4.69) is 29.6 Å². The highest BCUT2D eigenvalue weighted by molar-refractivity contribution is 5.82. The van der Waals surface area contributed by atoms with Crippen LogP contribution in [-0.2, 0) is 14.3 Å². The molecule has 2 aromatic rings. The number of likely N-dealkylation sites (tertiary alicyclic amines) is 1. The van der Waals surface area contributed by atoms with Crippen molar-refractivity contribution in [1.29, 1.82) is 0 Å². The molecule has 1 heterocycles. The average Bonchev–Trinajstić information content (AvgIpc) is 3.39. The van der Waals surface area contributed by atoms with Gasteiger partial charge in [0.2, 0.25) is 5.91 Å². The van der Waals surface area contributed by atoms with E-state index in [-0.39, 0.29) is 50.3 Å². The molecule has 8 heteroatoms. The number of nitrogens with one attached hydrogen (secondary N) is 1. The Bertz CT molecular complexity index is 1040. The maximum absolute atomic E-state index is 12.4. The standard InChI is InChI=1S/C26H30N2O6/c1-17(10-11-23(29)28-13-12-26(33,16-28)24(30)31)14-27-25(32)34-15-22-20-8-4-2-6-18(20)19-7-3-5-9-21(19)22/h2-9,17,22,33H,10-16H2,1H3,(H,27,32)(H,30,31). The topological polar surface area (TPSA) is 116 Å². The molecule has 180 valence electrons. The van der Waals surface area contributed by atoms with Gasteiger partial charge in [-0.15, -0.1) is 0 Å². The van der Waals surface area contributed by atoms with Gasteiger partial charge in [-0.2, -0.15) is 0 Å². The van der Waals surface area contributed by atoms with Gasteiger partial charge < -0.3 is 25.2 Å². The predicted molar refractivity (Wildman–Crippen MR) is 125 cm³/mol. The van der Waals surface area contributed by atoms with E-state index in [1.807, 2.05) is 31.2 Å². The number of rotatable bonds is 8. The summed E-state index contributed by atoms with van der Waals surface area (Å²) in [5.74, 6) is -1.46. The van der Waals surface area contributed by atoms with Gasteiger partial charge in [-0.25, -0.2) is 9.59 Å². The number of ether oxygens (including phenoxy) is 1.